The second kappa shape index (κ2) is 9.13. The van der Waals surface area contributed by atoms with Crippen molar-refractivity contribution >= 4 is 5.84 Å². The number of nitrogens with one attached hydrogen (secondary N) is 2. The van der Waals surface area contributed by atoms with E-state index in [4.69, 9.17) is 9.73 Å². The maximum absolute atomic E-state index is 14.1. The van der Waals surface area contributed by atoms with Gasteiger partial charge in [-0.25, -0.2) is 14.4 Å². The second-order valence-electron chi connectivity index (χ2n) is 8.31. The van der Waals surface area contributed by atoms with E-state index in [9.17, 15) is 13.6 Å². The maximum atomic E-state index is 14.1. The van der Waals surface area contributed by atoms with E-state index in [2.05, 4.69) is 15.3 Å². The van der Waals surface area contributed by atoms with Crippen LogP contribution < -0.4 is 15.6 Å². The fourth-order valence-electron chi connectivity index (χ4n) is 4.34. The molecule has 0 radical (unpaired) electrons. The molecule has 0 fully saturated rings. The smallest absolute Gasteiger partial charge is 0.290 e. The Morgan fingerprint density at radius 1 is 0.971 bits per heavy atom. The molecular weight excluding hydrogens is 450 g/mol. The third-order valence-corrected chi connectivity index (χ3v) is 6.08. The fraction of sp³-hybridized carbons (Fsp3) is 0.148. The van der Waals surface area contributed by atoms with Crippen molar-refractivity contribution in [2.75, 3.05) is 0 Å². The minimum atomic E-state index is -1.06. The maximum Gasteiger partial charge on any atom is 0.290 e. The van der Waals surface area contributed by atoms with Crippen molar-refractivity contribution in [2.24, 2.45) is 4.99 Å². The molecule has 2 aromatic heterocycles. The van der Waals surface area contributed by atoms with Crippen LogP contribution in [-0.4, -0.2) is 21.8 Å². The predicted molar refractivity (Wildman–Crippen MR) is 128 cm³/mol. The zero-order valence-electron chi connectivity index (χ0n) is 18.8. The highest BCUT2D eigenvalue weighted by Gasteiger charge is 2.45. The van der Waals surface area contributed by atoms with Gasteiger partial charge in [0.15, 0.2) is 5.75 Å². The van der Waals surface area contributed by atoms with Gasteiger partial charge in [0.2, 0.25) is 5.95 Å². The van der Waals surface area contributed by atoms with E-state index in [1.54, 1.807) is 30.3 Å². The molecule has 6 nitrogen and oxygen atoms in total. The monoisotopic (exact) mass is 472 g/mol. The minimum absolute atomic E-state index is 0.185. The molecule has 8 heteroatoms. The number of amidine groups is 1. The van der Waals surface area contributed by atoms with Crippen LogP contribution in [0.25, 0.3) is 0 Å². The van der Waals surface area contributed by atoms with Crippen LogP contribution in [0.1, 0.15) is 29.3 Å². The largest absolute Gasteiger partial charge is 0.483 e. The Morgan fingerprint density at radius 3 is 2.46 bits per heavy atom. The zero-order chi connectivity index (χ0) is 24.4. The summed E-state index contributed by atoms with van der Waals surface area (Å²) in [5, 5.41) is 3.30. The van der Waals surface area contributed by atoms with E-state index in [0.717, 1.165) is 5.56 Å². The molecule has 0 aliphatic carbocycles. The van der Waals surface area contributed by atoms with Crippen LogP contribution in [0.3, 0.4) is 0 Å². The topological polar surface area (TPSA) is 79.4 Å². The molecule has 0 saturated heterocycles. The summed E-state index contributed by atoms with van der Waals surface area (Å²) in [4.78, 5) is 24.1. The van der Waals surface area contributed by atoms with E-state index in [1.165, 1.54) is 24.4 Å². The fourth-order valence-corrected chi connectivity index (χ4v) is 4.34. The number of pyridine rings is 2. The number of aromatic amines is 1. The van der Waals surface area contributed by atoms with Crippen molar-refractivity contribution in [1.82, 2.24) is 15.3 Å². The lowest BCUT2D eigenvalue weighted by atomic mass is 9.79. The standard InChI is InChI=1S/C27H22F2N4O2/c1-17-27(19-7-9-21(28)10-8-19,20-13-14-30-24(29)15-20)33-25(31-17)22-11-12-23(26(34)32-22)35-16-18-5-3-2-4-6-18/h2-15,17H,16H2,1H3,(H,31,33)(H,32,34)/t17-,27-/m0/s1. The molecule has 35 heavy (non-hydrogen) atoms. The van der Waals surface area contributed by atoms with E-state index in [0.29, 0.717) is 22.7 Å². The average Bonchev–Trinajstić information content (AvgIpc) is 3.22. The number of aliphatic imine (C=N–C) groups is 1. The molecule has 3 heterocycles. The highest BCUT2D eigenvalue weighted by molar-refractivity contribution is 5.99. The van der Waals surface area contributed by atoms with Crippen LogP contribution in [-0.2, 0) is 12.1 Å². The van der Waals surface area contributed by atoms with Crippen molar-refractivity contribution in [3.8, 4) is 5.75 Å². The molecule has 0 saturated carbocycles. The van der Waals surface area contributed by atoms with Crippen molar-refractivity contribution in [3.63, 3.8) is 0 Å². The molecule has 0 spiro atoms. The van der Waals surface area contributed by atoms with Crippen LogP contribution >= 0.6 is 0 Å². The van der Waals surface area contributed by atoms with Crippen molar-refractivity contribution in [2.45, 2.75) is 25.1 Å². The van der Waals surface area contributed by atoms with Crippen molar-refractivity contribution in [1.29, 1.82) is 0 Å². The summed E-state index contributed by atoms with van der Waals surface area (Å²) in [5.41, 5.74) is 1.16. The predicted octanol–water partition coefficient (Wildman–Crippen LogP) is 4.31. The van der Waals surface area contributed by atoms with Crippen LogP contribution in [0.5, 0.6) is 5.75 Å². The van der Waals surface area contributed by atoms with Crippen molar-refractivity contribution in [3.05, 3.63) is 130 Å². The number of hydrogen-bond donors (Lipinski definition) is 2. The Balaban J connectivity index is 1.52. The van der Waals surface area contributed by atoms with E-state index in [1.807, 2.05) is 37.3 Å². The summed E-state index contributed by atoms with van der Waals surface area (Å²) < 4.78 is 33.5. The molecule has 176 valence electrons. The van der Waals surface area contributed by atoms with Gasteiger partial charge >= 0.3 is 0 Å². The van der Waals surface area contributed by atoms with Gasteiger partial charge in [0.25, 0.3) is 5.56 Å². The van der Waals surface area contributed by atoms with Crippen LogP contribution in [0.2, 0.25) is 0 Å². The summed E-state index contributed by atoms with van der Waals surface area (Å²) in [6, 6.07) is 21.4. The van der Waals surface area contributed by atoms with E-state index >= 15 is 0 Å². The van der Waals surface area contributed by atoms with Crippen LogP contribution in [0, 0.1) is 11.8 Å². The number of ether oxygens (including phenoxy) is 1. The van der Waals surface area contributed by atoms with Crippen LogP contribution in [0.15, 0.2) is 94.8 Å². The van der Waals surface area contributed by atoms with Gasteiger partial charge in [-0.15, -0.1) is 0 Å². The normalized spacial score (nSPS) is 19.2. The molecule has 5 rings (SSSR count). The highest BCUT2D eigenvalue weighted by atomic mass is 19.1. The third-order valence-electron chi connectivity index (χ3n) is 6.08. The number of hydrogen-bond acceptors (Lipinski definition) is 5. The molecule has 0 bridgehead atoms. The first-order valence-corrected chi connectivity index (χ1v) is 11.1. The first kappa shape index (κ1) is 22.5. The number of aromatic nitrogens is 2. The Bertz CT molecular complexity index is 1440. The van der Waals surface area contributed by atoms with Gasteiger partial charge in [-0.2, -0.15) is 4.39 Å². The number of halogens is 2. The second-order valence-corrected chi connectivity index (χ2v) is 8.31. The molecule has 1 aliphatic heterocycles. The van der Waals surface area contributed by atoms with Gasteiger partial charge in [0, 0.05) is 6.20 Å². The molecule has 0 unspecified atom stereocenters. The molecule has 1 aliphatic rings. The van der Waals surface area contributed by atoms with Crippen LogP contribution in [0.4, 0.5) is 8.78 Å². The van der Waals surface area contributed by atoms with Gasteiger partial charge in [-0.05, 0) is 60.0 Å². The van der Waals surface area contributed by atoms with Gasteiger partial charge in [-0.1, -0.05) is 42.5 Å². The Hall–Kier alpha value is -4.33. The van der Waals surface area contributed by atoms with E-state index in [-0.39, 0.29) is 24.2 Å². The van der Waals surface area contributed by atoms with Crippen molar-refractivity contribution < 1.29 is 13.5 Å². The van der Waals surface area contributed by atoms with Gasteiger partial charge in [0.1, 0.15) is 23.8 Å². The lowest BCUT2D eigenvalue weighted by molar-refractivity contribution is 0.301. The van der Waals surface area contributed by atoms with Gasteiger partial charge < -0.3 is 15.0 Å². The molecule has 2 N–H and O–H groups in total. The Kier molecular flexibility index (Phi) is 5.86. The number of H-pyrrole nitrogens is 1. The molecule has 0 amide bonds. The number of benzene rings is 2. The summed E-state index contributed by atoms with van der Waals surface area (Å²) in [7, 11) is 0. The molecule has 2 aromatic carbocycles. The summed E-state index contributed by atoms with van der Waals surface area (Å²) in [6.07, 6.45) is 1.37. The SMILES string of the molecule is C[C@@H]1NC(c2ccc(OCc3ccccc3)c(=O)[nH]2)=N[C@@]1(c1ccc(F)cc1)c1ccnc(F)c1. The van der Waals surface area contributed by atoms with E-state index < -0.39 is 17.0 Å². The quantitative estimate of drug-likeness (QED) is 0.410. The first-order valence-electron chi connectivity index (χ1n) is 11.1. The van der Waals surface area contributed by atoms with Gasteiger partial charge in [-0.3, -0.25) is 4.79 Å². The molecule has 2 atom stereocenters. The highest BCUT2D eigenvalue weighted by Crippen LogP contribution is 2.40. The average molecular weight is 472 g/mol. The number of rotatable bonds is 6. The summed E-state index contributed by atoms with van der Waals surface area (Å²) in [6.45, 7) is 2.16. The minimum Gasteiger partial charge on any atom is -0.483 e. The Morgan fingerprint density at radius 2 is 1.74 bits per heavy atom. The first-order chi connectivity index (χ1) is 17.0. The lowest BCUT2D eigenvalue weighted by Gasteiger charge is -2.31. The lowest BCUT2D eigenvalue weighted by Crippen LogP contribution is -2.41. The van der Waals surface area contributed by atoms with Gasteiger partial charge in [0.05, 0.1) is 11.7 Å². The third kappa shape index (κ3) is 4.30. The number of nitrogens with zero attached hydrogens (tertiary/aromatic N) is 2. The molecular formula is C27H22F2N4O2. The Labute approximate surface area is 200 Å². The summed E-state index contributed by atoms with van der Waals surface area (Å²) in [5.74, 6) is -0.424. The zero-order valence-corrected chi connectivity index (χ0v) is 18.8. The summed E-state index contributed by atoms with van der Waals surface area (Å²) >= 11 is 0. The molecule has 4 aromatic rings.